The van der Waals surface area contributed by atoms with Gasteiger partial charge >= 0.3 is 0 Å². The molecule has 3 aromatic carbocycles. The highest BCUT2D eigenvalue weighted by molar-refractivity contribution is 6.10. The number of carbonyl (C=O) groups excluding carboxylic acids is 1. The lowest BCUT2D eigenvalue weighted by Gasteiger charge is -2.26. The van der Waals surface area contributed by atoms with Gasteiger partial charge in [0.2, 0.25) is 5.76 Å². The van der Waals surface area contributed by atoms with Gasteiger partial charge in [-0.25, -0.2) is 4.39 Å². The van der Waals surface area contributed by atoms with Crippen LogP contribution < -0.4 is 15.1 Å². The minimum absolute atomic E-state index is 0.0233. The number of nitrogens with zero attached hydrogens (tertiary/aromatic N) is 1. The van der Waals surface area contributed by atoms with Crippen LogP contribution in [-0.2, 0) is 5.41 Å². The van der Waals surface area contributed by atoms with Crippen LogP contribution in [0.25, 0.3) is 11.0 Å². The summed E-state index contributed by atoms with van der Waals surface area (Å²) in [5.74, 6) is -0.338. The Labute approximate surface area is 196 Å². The lowest BCUT2D eigenvalue weighted by molar-refractivity contribution is 0.0971. The average molecular weight is 458 g/mol. The van der Waals surface area contributed by atoms with Gasteiger partial charge in [-0.15, -0.1) is 0 Å². The van der Waals surface area contributed by atoms with E-state index in [0.29, 0.717) is 11.4 Å². The van der Waals surface area contributed by atoms with Crippen LogP contribution in [0.2, 0.25) is 0 Å². The van der Waals surface area contributed by atoms with Gasteiger partial charge in [-0.05, 0) is 59.0 Å². The second-order valence-corrected chi connectivity index (χ2v) is 9.46. The Balaban J connectivity index is 1.75. The molecule has 0 saturated heterocycles. The molecule has 1 unspecified atom stereocenters. The molecule has 1 aliphatic rings. The molecule has 34 heavy (non-hydrogen) atoms. The summed E-state index contributed by atoms with van der Waals surface area (Å²) in [4.78, 5) is 28.7. The zero-order valence-electron chi connectivity index (χ0n) is 19.4. The zero-order chi connectivity index (χ0) is 24.2. The summed E-state index contributed by atoms with van der Waals surface area (Å²) in [6, 6.07) is 17.9. The topological polar surface area (TPSA) is 59.8 Å². The van der Waals surface area contributed by atoms with Crippen LogP contribution in [-0.4, -0.2) is 13.0 Å². The number of rotatable bonds is 3. The first-order valence-electron chi connectivity index (χ1n) is 11.0. The van der Waals surface area contributed by atoms with Gasteiger partial charge in [0.05, 0.1) is 24.1 Å². The monoisotopic (exact) mass is 457 g/mol. The van der Waals surface area contributed by atoms with E-state index in [1.165, 1.54) is 12.1 Å². The molecule has 0 spiro atoms. The maximum atomic E-state index is 14.0. The number of benzene rings is 3. The van der Waals surface area contributed by atoms with Crippen molar-refractivity contribution in [3.05, 3.63) is 105 Å². The Morgan fingerprint density at radius 3 is 2.24 bits per heavy atom. The van der Waals surface area contributed by atoms with E-state index < -0.39 is 23.2 Å². The van der Waals surface area contributed by atoms with Gasteiger partial charge in [0.25, 0.3) is 5.91 Å². The van der Waals surface area contributed by atoms with Crippen molar-refractivity contribution in [3.8, 4) is 5.75 Å². The number of hydrogen-bond donors (Lipinski definition) is 0. The van der Waals surface area contributed by atoms with E-state index in [1.807, 2.05) is 24.3 Å². The highest BCUT2D eigenvalue weighted by Gasteiger charge is 2.43. The Morgan fingerprint density at radius 1 is 0.941 bits per heavy atom. The molecule has 0 N–H and O–H groups in total. The van der Waals surface area contributed by atoms with Crippen molar-refractivity contribution in [1.29, 1.82) is 0 Å². The molecule has 1 amide bonds. The van der Waals surface area contributed by atoms with Crippen molar-refractivity contribution >= 4 is 22.6 Å². The standard InChI is InChI=1S/C28H24FNO4/c1-28(2,3)17-7-5-16(6-8-17)24-23-25(31)21-15-18(29)9-14-22(21)34-26(23)27(32)30(24)19-10-12-20(33-4)13-11-19/h5-15,24H,1-4H3. The normalized spacial score (nSPS) is 15.6. The predicted octanol–water partition coefficient (Wildman–Crippen LogP) is 5.99. The van der Waals surface area contributed by atoms with E-state index in [4.69, 9.17) is 9.15 Å². The van der Waals surface area contributed by atoms with E-state index >= 15 is 0 Å². The first-order valence-corrected chi connectivity index (χ1v) is 11.0. The molecule has 5 rings (SSSR count). The minimum atomic E-state index is -0.714. The van der Waals surface area contributed by atoms with E-state index in [2.05, 4.69) is 20.8 Å². The number of amides is 1. The van der Waals surface area contributed by atoms with Gasteiger partial charge in [-0.2, -0.15) is 0 Å². The molecule has 0 saturated carbocycles. The van der Waals surface area contributed by atoms with E-state index in [0.717, 1.165) is 17.2 Å². The number of methoxy groups -OCH3 is 1. The summed E-state index contributed by atoms with van der Waals surface area (Å²) in [7, 11) is 1.57. The van der Waals surface area contributed by atoms with Crippen molar-refractivity contribution in [3.63, 3.8) is 0 Å². The van der Waals surface area contributed by atoms with Crippen LogP contribution >= 0.6 is 0 Å². The Bertz CT molecular complexity index is 1460. The third-order valence-electron chi connectivity index (χ3n) is 6.28. The number of carbonyl (C=O) groups is 1. The van der Waals surface area contributed by atoms with Gasteiger partial charge in [0.15, 0.2) is 5.43 Å². The number of hydrogen-bond acceptors (Lipinski definition) is 4. The molecule has 0 aliphatic carbocycles. The fourth-order valence-corrected chi connectivity index (χ4v) is 4.44. The van der Waals surface area contributed by atoms with Gasteiger partial charge in [-0.1, -0.05) is 45.0 Å². The Kier molecular flexibility index (Phi) is 5.04. The smallest absolute Gasteiger partial charge is 0.295 e. The molecular weight excluding hydrogens is 433 g/mol. The molecule has 2 heterocycles. The van der Waals surface area contributed by atoms with Crippen LogP contribution in [0, 0.1) is 5.82 Å². The van der Waals surface area contributed by atoms with Crippen molar-refractivity contribution in [2.45, 2.75) is 32.2 Å². The lowest BCUT2D eigenvalue weighted by atomic mass is 9.86. The Morgan fingerprint density at radius 2 is 1.62 bits per heavy atom. The van der Waals surface area contributed by atoms with Crippen molar-refractivity contribution in [1.82, 2.24) is 0 Å². The third kappa shape index (κ3) is 3.46. The fraction of sp³-hybridized carbons (Fsp3) is 0.214. The molecular formula is C28H24FNO4. The summed E-state index contributed by atoms with van der Waals surface area (Å²) in [5.41, 5.74) is 2.41. The highest BCUT2D eigenvalue weighted by atomic mass is 19.1. The van der Waals surface area contributed by atoms with Crippen molar-refractivity contribution in [2.75, 3.05) is 12.0 Å². The maximum absolute atomic E-state index is 14.0. The maximum Gasteiger partial charge on any atom is 0.295 e. The second kappa shape index (κ2) is 7.83. The highest BCUT2D eigenvalue weighted by Crippen LogP contribution is 2.42. The molecule has 4 aromatic rings. The van der Waals surface area contributed by atoms with Crippen LogP contribution in [0.1, 0.15) is 54.1 Å². The summed E-state index contributed by atoms with van der Waals surface area (Å²) in [6.07, 6.45) is 0. The molecule has 0 bridgehead atoms. The van der Waals surface area contributed by atoms with Gasteiger partial charge in [-0.3, -0.25) is 14.5 Å². The van der Waals surface area contributed by atoms with Crippen LogP contribution in [0.5, 0.6) is 5.75 Å². The largest absolute Gasteiger partial charge is 0.497 e. The molecule has 172 valence electrons. The Hall–Kier alpha value is -3.93. The van der Waals surface area contributed by atoms with Gasteiger partial charge in [0.1, 0.15) is 17.1 Å². The van der Waals surface area contributed by atoms with Gasteiger partial charge < -0.3 is 9.15 Å². The van der Waals surface area contributed by atoms with Crippen LogP contribution in [0.15, 0.2) is 75.9 Å². The quantitative estimate of drug-likeness (QED) is 0.379. The first kappa shape index (κ1) is 21.9. The number of halogens is 1. The molecule has 1 aromatic heterocycles. The van der Waals surface area contributed by atoms with E-state index in [9.17, 15) is 14.0 Å². The summed E-state index contributed by atoms with van der Waals surface area (Å²) in [5, 5.41) is 0.111. The molecule has 0 radical (unpaired) electrons. The molecule has 5 nitrogen and oxygen atoms in total. The number of fused-ring (bicyclic) bond motifs is 2. The second-order valence-electron chi connectivity index (χ2n) is 9.46. The minimum Gasteiger partial charge on any atom is -0.497 e. The zero-order valence-corrected chi connectivity index (χ0v) is 19.4. The van der Waals surface area contributed by atoms with E-state index in [-0.39, 0.29) is 27.7 Å². The van der Waals surface area contributed by atoms with Crippen LogP contribution in [0.4, 0.5) is 10.1 Å². The lowest BCUT2D eigenvalue weighted by Crippen LogP contribution is -2.29. The summed E-state index contributed by atoms with van der Waals surface area (Å²) < 4.78 is 25.1. The first-order chi connectivity index (χ1) is 16.2. The molecule has 6 heteroatoms. The fourth-order valence-electron chi connectivity index (χ4n) is 4.44. The summed E-state index contributed by atoms with van der Waals surface area (Å²) in [6.45, 7) is 6.36. The van der Waals surface area contributed by atoms with Crippen molar-refractivity contribution in [2.24, 2.45) is 0 Å². The number of anilines is 1. The summed E-state index contributed by atoms with van der Waals surface area (Å²) >= 11 is 0. The number of ether oxygens (including phenoxy) is 1. The third-order valence-corrected chi connectivity index (χ3v) is 6.28. The molecule has 1 atom stereocenters. The SMILES string of the molecule is COc1ccc(N2C(=O)c3oc4ccc(F)cc4c(=O)c3C2c2ccc(C(C)(C)C)cc2)cc1. The van der Waals surface area contributed by atoms with Gasteiger partial charge in [0, 0.05) is 5.69 Å². The molecule has 0 fully saturated rings. The van der Waals surface area contributed by atoms with Crippen LogP contribution in [0.3, 0.4) is 0 Å². The molecule has 1 aliphatic heterocycles. The van der Waals surface area contributed by atoms with E-state index in [1.54, 1.807) is 36.3 Å². The predicted molar refractivity (Wildman–Crippen MR) is 129 cm³/mol. The average Bonchev–Trinajstić information content (AvgIpc) is 3.11. The van der Waals surface area contributed by atoms with Crippen molar-refractivity contribution < 1.29 is 18.3 Å².